The van der Waals surface area contributed by atoms with Gasteiger partial charge in [-0.3, -0.25) is 0 Å². The molecular formula is C11H16ClN. The maximum Gasteiger partial charge on any atom is 0.0471 e. The van der Waals surface area contributed by atoms with Crippen LogP contribution in [-0.4, -0.2) is 11.9 Å². The molecule has 0 aromatic carbocycles. The van der Waals surface area contributed by atoms with Crippen molar-refractivity contribution in [2.45, 2.75) is 19.9 Å². The Morgan fingerprint density at radius 2 is 2.15 bits per heavy atom. The second kappa shape index (κ2) is 4.64. The highest BCUT2D eigenvalue weighted by atomic mass is 35.5. The van der Waals surface area contributed by atoms with Gasteiger partial charge in [0.25, 0.3) is 0 Å². The first kappa shape index (κ1) is 10.6. The van der Waals surface area contributed by atoms with Crippen molar-refractivity contribution in [2.75, 3.05) is 5.88 Å². The van der Waals surface area contributed by atoms with E-state index in [1.807, 2.05) is 13.0 Å². The summed E-state index contributed by atoms with van der Waals surface area (Å²) in [6.07, 6.45) is 8.45. The summed E-state index contributed by atoms with van der Waals surface area (Å²) in [7, 11) is 0. The van der Waals surface area contributed by atoms with Gasteiger partial charge in [0.15, 0.2) is 0 Å². The van der Waals surface area contributed by atoms with Crippen molar-refractivity contribution >= 4 is 11.6 Å². The summed E-state index contributed by atoms with van der Waals surface area (Å²) in [4.78, 5) is 0. The van der Waals surface area contributed by atoms with Crippen molar-refractivity contribution in [2.24, 2.45) is 11.7 Å². The first-order valence-corrected chi connectivity index (χ1v) is 5.09. The Morgan fingerprint density at radius 3 is 2.69 bits per heavy atom. The van der Waals surface area contributed by atoms with Crippen LogP contribution in [0.2, 0.25) is 0 Å². The van der Waals surface area contributed by atoms with E-state index in [2.05, 4.69) is 25.2 Å². The van der Waals surface area contributed by atoms with Crippen LogP contribution in [0.1, 0.15) is 13.8 Å². The van der Waals surface area contributed by atoms with E-state index in [0.29, 0.717) is 11.8 Å². The van der Waals surface area contributed by atoms with E-state index in [4.69, 9.17) is 17.3 Å². The summed E-state index contributed by atoms with van der Waals surface area (Å²) in [5, 5.41) is 0. The van der Waals surface area contributed by atoms with E-state index >= 15 is 0 Å². The Balaban J connectivity index is 2.86. The monoisotopic (exact) mass is 197 g/mol. The summed E-state index contributed by atoms with van der Waals surface area (Å²) in [6, 6.07) is 0.0989. The van der Waals surface area contributed by atoms with E-state index < -0.39 is 0 Å². The Labute approximate surface area is 85.0 Å². The third-order valence-corrected chi connectivity index (χ3v) is 2.41. The van der Waals surface area contributed by atoms with Gasteiger partial charge >= 0.3 is 0 Å². The molecule has 1 rings (SSSR count). The molecule has 0 spiro atoms. The lowest BCUT2D eigenvalue weighted by molar-refractivity contribution is 0.847. The first-order valence-electron chi connectivity index (χ1n) is 4.55. The van der Waals surface area contributed by atoms with Gasteiger partial charge in [-0.25, -0.2) is 0 Å². The third kappa shape index (κ3) is 3.02. The van der Waals surface area contributed by atoms with Gasteiger partial charge in [0.2, 0.25) is 0 Å². The van der Waals surface area contributed by atoms with Crippen molar-refractivity contribution in [1.29, 1.82) is 0 Å². The molecule has 0 bridgehead atoms. The molecule has 1 unspecified atom stereocenters. The molecule has 0 radical (unpaired) electrons. The lowest BCUT2D eigenvalue weighted by atomic mass is 10.0. The molecular weight excluding hydrogens is 182 g/mol. The Kier molecular flexibility index (Phi) is 3.76. The molecule has 0 saturated heterocycles. The van der Waals surface area contributed by atoms with E-state index in [1.165, 1.54) is 11.1 Å². The number of rotatable bonds is 2. The molecule has 0 aromatic rings. The molecule has 13 heavy (non-hydrogen) atoms. The molecule has 0 fully saturated rings. The molecule has 0 saturated carbocycles. The summed E-state index contributed by atoms with van der Waals surface area (Å²) >= 11 is 5.77. The van der Waals surface area contributed by atoms with E-state index in [1.54, 1.807) is 0 Å². The molecule has 0 amide bonds. The summed E-state index contributed by atoms with van der Waals surface area (Å²) in [5.74, 6) is 0.991. The summed E-state index contributed by atoms with van der Waals surface area (Å²) < 4.78 is 0. The molecule has 1 aliphatic rings. The highest BCUT2D eigenvalue weighted by Gasteiger charge is 2.06. The minimum absolute atomic E-state index is 0.0989. The van der Waals surface area contributed by atoms with Crippen molar-refractivity contribution in [3.05, 3.63) is 35.5 Å². The van der Waals surface area contributed by atoms with E-state index in [9.17, 15) is 0 Å². The second-order valence-electron chi connectivity index (χ2n) is 3.52. The van der Waals surface area contributed by atoms with Gasteiger partial charge in [-0.1, -0.05) is 31.2 Å². The zero-order chi connectivity index (χ0) is 9.84. The van der Waals surface area contributed by atoms with Crippen LogP contribution in [-0.2, 0) is 0 Å². The van der Waals surface area contributed by atoms with Gasteiger partial charge in [-0.15, -0.1) is 11.6 Å². The third-order valence-electron chi connectivity index (χ3n) is 2.10. The molecule has 72 valence electrons. The maximum absolute atomic E-state index is 5.81. The lowest BCUT2D eigenvalue weighted by Crippen LogP contribution is -2.17. The van der Waals surface area contributed by atoms with Crippen LogP contribution in [0.15, 0.2) is 35.5 Å². The number of allylic oxidation sites excluding steroid dienone is 4. The lowest BCUT2D eigenvalue weighted by Gasteiger charge is -2.06. The fourth-order valence-electron chi connectivity index (χ4n) is 1.40. The van der Waals surface area contributed by atoms with Gasteiger partial charge < -0.3 is 5.73 Å². The van der Waals surface area contributed by atoms with Crippen molar-refractivity contribution in [1.82, 2.24) is 0 Å². The van der Waals surface area contributed by atoms with E-state index in [-0.39, 0.29) is 6.04 Å². The molecule has 0 heterocycles. The Morgan fingerprint density at radius 1 is 1.46 bits per heavy atom. The second-order valence-corrected chi connectivity index (χ2v) is 3.79. The van der Waals surface area contributed by atoms with E-state index in [0.717, 1.165) is 0 Å². The smallest absolute Gasteiger partial charge is 0.0471 e. The van der Waals surface area contributed by atoms with Gasteiger partial charge in [-0.2, -0.15) is 0 Å². The van der Waals surface area contributed by atoms with Crippen molar-refractivity contribution in [3.63, 3.8) is 0 Å². The summed E-state index contributed by atoms with van der Waals surface area (Å²) in [5.41, 5.74) is 8.16. The minimum Gasteiger partial charge on any atom is -0.324 e. The van der Waals surface area contributed by atoms with Crippen LogP contribution in [0.4, 0.5) is 0 Å². The number of alkyl halides is 1. The number of hydrogen-bond acceptors (Lipinski definition) is 1. The SMILES string of the molecule is CC1C=C(CCl)C=CC([C@H](C)N)=C1. The van der Waals surface area contributed by atoms with Crippen LogP contribution in [0.5, 0.6) is 0 Å². The maximum atomic E-state index is 5.81. The van der Waals surface area contributed by atoms with Crippen LogP contribution < -0.4 is 5.73 Å². The van der Waals surface area contributed by atoms with Crippen LogP contribution >= 0.6 is 11.6 Å². The number of nitrogens with two attached hydrogens (primary N) is 1. The fourth-order valence-corrected chi connectivity index (χ4v) is 1.57. The van der Waals surface area contributed by atoms with Crippen LogP contribution in [0, 0.1) is 5.92 Å². The first-order chi connectivity index (χ1) is 6.13. The molecule has 0 aromatic heterocycles. The molecule has 2 N–H and O–H groups in total. The van der Waals surface area contributed by atoms with Gasteiger partial charge in [0, 0.05) is 11.9 Å². The zero-order valence-electron chi connectivity index (χ0n) is 8.13. The Bertz CT molecular complexity index is 261. The highest BCUT2D eigenvalue weighted by molar-refractivity contribution is 6.19. The zero-order valence-corrected chi connectivity index (χ0v) is 8.88. The normalized spacial score (nSPS) is 24.8. The van der Waals surface area contributed by atoms with Gasteiger partial charge in [0.05, 0.1) is 0 Å². The molecule has 1 nitrogen and oxygen atoms in total. The minimum atomic E-state index is 0.0989. The number of halogens is 1. The van der Waals surface area contributed by atoms with Crippen LogP contribution in [0.3, 0.4) is 0 Å². The van der Waals surface area contributed by atoms with Crippen molar-refractivity contribution < 1.29 is 0 Å². The average Bonchev–Trinajstić information content (AvgIpc) is 2.26. The molecule has 0 aliphatic heterocycles. The molecule has 1 aliphatic carbocycles. The van der Waals surface area contributed by atoms with Gasteiger partial charge in [-0.05, 0) is 24.0 Å². The largest absolute Gasteiger partial charge is 0.324 e. The standard InChI is InChI=1S/C11H16ClN/c1-8-5-10(7-12)3-4-11(6-8)9(2)13/h3-6,8-9H,7,13H2,1-2H3/t8?,9-/m0/s1. The summed E-state index contributed by atoms with van der Waals surface area (Å²) in [6.45, 7) is 4.14. The van der Waals surface area contributed by atoms with Crippen LogP contribution in [0.25, 0.3) is 0 Å². The molecule has 2 atom stereocenters. The molecule has 2 heteroatoms. The fraction of sp³-hybridized carbons (Fsp3) is 0.455. The average molecular weight is 198 g/mol. The quantitative estimate of drug-likeness (QED) is 0.677. The predicted octanol–water partition coefficient (Wildman–Crippen LogP) is 2.63. The number of hydrogen-bond donors (Lipinski definition) is 1. The predicted molar refractivity (Wildman–Crippen MR) is 58.8 cm³/mol. The topological polar surface area (TPSA) is 26.0 Å². The van der Waals surface area contributed by atoms with Crippen molar-refractivity contribution in [3.8, 4) is 0 Å². The Hall–Kier alpha value is -0.530. The highest BCUT2D eigenvalue weighted by Crippen LogP contribution is 2.17. The van der Waals surface area contributed by atoms with Gasteiger partial charge in [0.1, 0.15) is 0 Å².